The van der Waals surface area contributed by atoms with Crippen molar-refractivity contribution >= 4 is 43.5 Å². The molecule has 2 aromatic rings. The predicted octanol–water partition coefficient (Wildman–Crippen LogP) is 4.12. The molecule has 0 aliphatic rings. The monoisotopic (exact) mass is 400 g/mol. The van der Waals surface area contributed by atoms with Crippen LogP contribution in [-0.2, 0) is 15.4 Å². The van der Waals surface area contributed by atoms with Crippen molar-refractivity contribution in [1.29, 1.82) is 0 Å². The smallest absolute Gasteiger partial charge is 0.200 e. The minimum atomic E-state index is -3.64. The molecule has 4 nitrogen and oxygen atoms in total. The number of thiophene rings is 1. The van der Waals surface area contributed by atoms with Crippen LogP contribution in [0.1, 0.15) is 31.2 Å². The lowest BCUT2D eigenvalue weighted by Crippen LogP contribution is -2.19. The molecule has 0 aliphatic carbocycles. The first-order chi connectivity index (χ1) is 10.2. The van der Waals surface area contributed by atoms with Gasteiger partial charge in [0.25, 0.3) is 10.0 Å². The zero-order chi connectivity index (χ0) is 16.4. The number of sulfonamides is 1. The molecule has 0 amide bonds. The van der Waals surface area contributed by atoms with Crippen molar-refractivity contribution < 1.29 is 8.42 Å². The van der Waals surface area contributed by atoms with Crippen LogP contribution in [0.5, 0.6) is 0 Å². The van der Waals surface area contributed by atoms with E-state index in [9.17, 15) is 8.42 Å². The van der Waals surface area contributed by atoms with E-state index >= 15 is 0 Å². The standard InChI is InChI=1S/C15H17BrN2O2S2/c1-15(2,3)11-4-7-13(8-5-11)22(19,20)18-17-10-12-6-9-14(16)21-12/h4-10,18H,1-3H3/b17-10-. The molecule has 0 aliphatic heterocycles. The Kier molecular flexibility index (Phi) is 5.09. The van der Waals surface area contributed by atoms with Crippen LogP contribution < -0.4 is 4.83 Å². The van der Waals surface area contributed by atoms with E-state index in [0.29, 0.717) is 0 Å². The Morgan fingerprint density at radius 1 is 1.14 bits per heavy atom. The molecule has 0 saturated carbocycles. The van der Waals surface area contributed by atoms with E-state index in [2.05, 4.69) is 46.6 Å². The van der Waals surface area contributed by atoms with E-state index in [4.69, 9.17) is 0 Å². The number of hydrogen-bond acceptors (Lipinski definition) is 4. The van der Waals surface area contributed by atoms with Gasteiger partial charge in [0.2, 0.25) is 0 Å². The zero-order valence-corrected chi connectivity index (χ0v) is 15.7. The van der Waals surface area contributed by atoms with Crippen LogP contribution in [0.3, 0.4) is 0 Å². The average molecular weight is 401 g/mol. The molecule has 1 aromatic carbocycles. The largest absolute Gasteiger partial charge is 0.276 e. The molecule has 0 bridgehead atoms. The van der Waals surface area contributed by atoms with E-state index < -0.39 is 10.0 Å². The summed E-state index contributed by atoms with van der Waals surface area (Å²) in [6.45, 7) is 6.24. The SMILES string of the molecule is CC(C)(C)c1ccc(S(=O)(=O)N/N=C\c2ccc(Br)s2)cc1. The molecule has 0 atom stereocenters. The lowest BCUT2D eigenvalue weighted by Gasteiger charge is -2.19. The minimum absolute atomic E-state index is 0.0135. The van der Waals surface area contributed by atoms with Gasteiger partial charge in [0.1, 0.15) is 0 Å². The second kappa shape index (κ2) is 6.52. The van der Waals surface area contributed by atoms with Gasteiger partial charge in [0, 0.05) is 4.88 Å². The third-order valence-corrected chi connectivity index (χ3v) is 5.79. The van der Waals surface area contributed by atoms with Crippen molar-refractivity contribution in [2.75, 3.05) is 0 Å². The third kappa shape index (κ3) is 4.41. The maximum atomic E-state index is 12.2. The summed E-state index contributed by atoms with van der Waals surface area (Å²) in [6.07, 6.45) is 1.48. The van der Waals surface area contributed by atoms with E-state index in [1.54, 1.807) is 12.1 Å². The highest BCUT2D eigenvalue weighted by Gasteiger charge is 2.16. The Balaban J connectivity index is 2.11. The van der Waals surface area contributed by atoms with Crippen molar-refractivity contribution in [2.45, 2.75) is 31.1 Å². The Morgan fingerprint density at radius 2 is 1.77 bits per heavy atom. The summed E-state index contributed by atoms with van der Waals surface area (Å²) in [5.41, 5.74) is 1.07. The normalized spacial score (nSPS) is 12.7. The summed E-state index contributed by atoms with van der Waals surface area (Å²) in [7, 11) is -3.64. The molecule has 7 heteroatoms. The van der Waals surface area contributed by atoms with Crippen molar-refractivity contribution in [3.05, 3.63) is 50.6 Å². The van der Waals surface area contributed by atoms with Crippen LogP contribution in [0.15, 0.2) is 50.2 Å². The van der Waals surface area contributed by atoms with Gasteiger partial charge in [0.05, 0.1) is 14.9 Å². The highest BCUT2D eigenvalue weighted by Crippen LogP contribution is 2.23. The van der Waals surface area contributed by atoms with Crippen LogP contribution >= 0.6 is 27.3 Å². The van der Waals surface area contributed by atoms with Crippen molar-refractivity contribution in [3.63, 3.8) is 0 Å². The van der Waals surface area contributed by atoms with Gasteiger partial charge in [-0.1, -0.05) is 32.9 Å². The van der Waals surface area contributed by atoms with Crippen LogP contribution in [0.25, 0.3) is 0 Å². The van der Waals surface area contributed by atoms with Crippen LogP contribution in [-0.4, -0.2) is 14.6 Å². The number of nitrogens with zero attached hydrogens (tertiary/aromatic N) is 1. The molecule has 1 heterocycles. The number of hydrogen-bond donors (Lipinski definition) is 1. The lowest BCUT2D eigenvalue weighted by atomic mass is 9.87. The minimum Gasteiger partial charge on any atom is -0.200 e. The fourth-order valence-corrected chi connectivity index (χ4v) is 3.83. The van der Waals surface area contributed by atoms with Crippen LogP contribution in [0.4, 0.5) is 0 Å². The molecule has 22 heavy (non-hydrogen) atoms. The first-order valence-corrected chi connectivity index (χ1v) is 9.68. The fraction of sp³-hybridized carbons (Fsp3) is 0.267. The van der Waals surface area contributed by atoms with E-state index in [0.717, 1.165) is 14.2 Å². The number of nitrogens with one attached hydrogen (secondary N) is 1. The molecule has 0 spiro atoms. The summed E-state index contributed by atoms with van der Waals surface area (Å²) in [6, 6.07) is 10.6. The maximum Gasteiger partial charge on any atom is 0.276 e. The molecule has 118 valence electrons. The van der Waals surface area contributed by atoms with Gasteiger partial charge < -0.3 is 0 Å². The van der Waals surface area contributed by atoms with Crippen molar-refractivity contribution in [2.24, 2.45) is 5.10 Å². The van der Waals surface area contributed by atoms with E-state index in [1.165, 1.54) is 17.6 Å². The number of halogens is 1. The average Bonchev–Trinajstić information content (AvgIpc) is 2.83. The molecule has 0 radical (unpaired) electrons. The predicted molar refractivity (Wildman–Crippen MR) is 95.1 cm³/mol. The van der Waals surface area contributed by atoms with Gasteiger partial charge in [0.15, 0.2) is 0 Å². The Morgan fingerprint density at radius 3 is 2.27 bits per heavy atom. The zero-order valence-electron chi connectivity index (χ0n) is 12.5. The second-order valence-corrected chi connectivity index (χ2v) is 9.92. The molecule has 0 fully saturated rings. The summed E-state index contributed by atoms with van der Waals surface area (Å²) in [5.74, 6) is 0. The Bertz CT molecular complexity index is 773. The number of benzene rings is 1. The van der Waals surface area contributed by atoms with E-state index in [-0.39, 0.29) is 10.3 Å². The molecule has 2 rings (SSSR count). The summed E-state index contributed by atoms with van der Waals surface area (Å²) in [4.78, 5) is 3.28. The number of hydrazone groups is 1. The molecule has 1 N–H and O–H groups in total. The summed E-state index contributed by atoms with van der Waals surface area (Å²) < 4.78 is 25.3. The van der Waals surface area contributed by atoms with Gasteiger partial charge in [-0.3, -0.25) is 0 Å². The van der Waals surface area contributed by atoms with Gasteiger partial charge in [-0.05, 0) is 51.2 Å². The van der Waals surface area contributed by atoms with Gasteiger partial charge >= 0.3 is 0 Å². The second-order valence-electron chi connectivity index (χ2n) is 5.77. The Labute approximate surface area is 143 Å². The molecule has 1 aromatic heterocycles. The maximum absolute atomic E-state index is 12.2. The van der Waals surface area contributed by atoms with Gasteiger partial charge in [-0.25, -0.2) is 4.83 Å². The summed E-state index contributed by atoms with van der Waals surface area (Å²) in [5, 5.41) is 3.80. The van der Waals surface area contributed by atoms with Crippen molar-refractivity contribution in [1.82, 2.24) is 4.83 Å². The molecule has 0 unspecified atom stereocenters. The Hall–Kier alpha value is -1.18. The van der Waals surface area contributed by atoms with Gasteiger partial charge in [-0.2, -0.15) is 13.5 Å². The first kappa shape index (κ1) is 17.2. The highest BCUT2D eigenvalue weighted by atomic mass is 79.9. The van der Waals surface area contributed by atoms with Crippen LogP contribution in [0.2, 0.25) is 0 Å². The summed E-state index contributed by atoms with van der Waals surface area (Å²) >= 11 is 4.81. The molecular weight excluding hydrogens is 384 g/mol. The molecule has 0 saturated heterocycles. The lowest BCUT2D eigenvalue weighted by molar-refractivity contribution is 0.580. The van der Waals surface area contributed by atoms with E-state index in [1.807, 2.05) is 24.3 Å². The number of rotatable bonds is 4. The highest BCUT2D eigenvalue weighted by molar-refractivity contribution is 9.11. The van der Waals surface area contributed by atoms with Crippen LogP contribution in [0, 0.1) is 0 Å². The fourth-order valence-electron chi connectivity index (χ4n) is 1.74. The first-order valence-electron chi connectivity index (χ1n) is 6.59. The quantitative estimate of drug-likeness (QED) is 0.619. The van der Waals surface area contributed by atoms with Crippen molar-refractivity contribution in [3.8, 4) is 0 Å². The molecular formula is C15H17BrN2O2S2. The van der Waals surface area contributed by atoms with Gasteiger partial charge in [-0.15, -0.1) is 11.3 Å². The third-order valence-electron chi connectivity index (χ3n) is 2.99. The topological polar surface area (TPSA) is 58.5 Å².